The molecule has 4 aliphatic heterocycles. The first-order valence-electron chi connectivity index (χ1n) is 14.4. The summed E-state index contributed by atoms with van der Waals surface area (Å²) in [7, 11) is 0. The standard InChI is InChI=1S/C30H31ClFN7O2/c31-24-4-1-3-17-9-21(40)10-22(25(17)24)26-33-12-23-27(35-26)36-29(37-28(23)38-14-19-5-6-20(15-38)34-19)41-16-30-7-2-8-39(30)13-18(32)11-30/h1,3-4,9-10,12,18-20,34,40H,2,5-8,11,13-16H2/t18-,19?,20?,30+/m1/s1. The predicted molar refractivity (Wildman–Crippen MR) is 155 cm³/mol. The van der Waals surface area contributed by atoms with Gasteiger partial charge < -0.3 is 20.1 Å². The number of piperazine rings is 1. The number of fused-ring (bicyclic) bond motifs is 5. The molecule has 2 N–H and O–H groups in total. The molecule has 0 radical (unpaired) electrons. The molecule has 4 aliphatic rings. The van der Waals surface area contributed by atoms with E-state index < -0.39 is 6.17 Å². The fourth-order valence-electron chi connectivity index (χ4n) is 7.48. The summed E-state index contributed by atoms with van der Waals surface area (Å²) in [5.41, 5.74) is 0.774. The van der Waals surface area contributed by atoms with Crippen molar-refractivity contribution in [1.29, 1.82) is 0 Å². The van der Waals surface area contributed by atoms with Crippen LogP contribution in [0.1, 0.15) is 32.1 Å². The molecule has 11 heteroatoms. The molecule has 2 aromatic heterocycles. The van der Waals surface area contributed by atoms with E-state index in [-0.39, 0.29) is 17.3 Å². The average molecular weight is 576 g/mol. The minimum absolute atomic E-state index is 0.102. The summed E-state index contributed by atoms with van der Waals surface area (Å²) in [6, 6.07) is 9.92. The van der Waals surface area contributed by atoms with Gasteiger partial charge in [-0.3, -0.25) is 4.90 Å². The summed E-state index contributed by atoms with van der Waals surface area (Å²) in [5, 5.41) is 17.0. The Morgan fingerprint density at radius 3 is 2.83 bits per heavy atom. The molecule has 4 fully saturated rings. The van der Waals surface area contributed by atoms with Crippen LogP contribution in [0.3, 0.4) is 0 Å². The number of nitrogens with zero attached hydrogens (tertiary/aromatic N) is 6. The van der Waals surface area contributed by atoms with Gasteiger partial charge in [-0.05, 0) is 55.8 Å². The van der Waals surface area contributed by atoms with E-state index in [9.17, 15) is 9.50 Å². The van der Waals surface area contributed by atoms with Crippen molar-refractivity contribution in [2.45, 2.75) is 55.9 Å². The van der Waals surface area contributed by atoms with Gasteiger partial charge >= 0.3 is 6.01 Å². The van der Waals surface area contributed by atoms with Gasteiger partial charge in [0.1, 0.15) is 24.3 Å². The summed E-state index contributed by atoms with van der Waals surface area (Å²) in [6.07, 6.45) is 5.64. The van der Waals surface area contributed by atoms with E-state index in [1.807, 2.05) is 18.2 Å². The summed E-state index contributed by atoms with van der Waals surface area (Å²) < 4.78 is 20.7. The van der Waals surface area contributed by atoms with Crippen LogP contribution in [0.25, 0.3) is 33.2 Å². The Balaban J connectivity index is 1.23. The van der Waals surface area contributed by atoms with Crippen LogP contribution in [0.2, 0.25) is 5.02 Å². The largest absolute Gasteiger partial charge is 0.508 e. The van der Waals surface area contributed by atoms with Gasteiger partial charge in [-0.1, -0.05) is 23.7 Å². The molecule has 2 aromatic carbocycles. The number of halogens is 2. The number of hydrogen-bond acceptors (Lipinski definition) is 9. The van der Waals surface area contributed by atoms with Crippen molar-refractivity contribution in [3.63, 3.8) is 0 Å². The maximum Gasteiger partial charge on any atom is 0.320 e. The molecule has 0 spiro atoms. The zero-order valence-electron chi connectivity index (χ0n) is 22.6. The molecule has 0 saturated carbocycles. The SMILES string of the molecule is Oc1cc(-c2ncc3c(N4CC5CCC(C4)N5)nc(OC[C@@]45CCCN4C[C@H](F)C5)nc3n2)c2c(Cl)cccc2c1. The van der Waals surface area contributed by atoms with Gasteiger partial charge in [-0.15, -0.1) is 0 Å². The Bertz CT molecular complexity index is 1660. The fourth-order valence-corrected chi connectivity index (χ4v) is 7.76. The molecule has 4 saturated heterocycles. The fraction of sp³-hybridized carbons (Fsp3) is 0.467. The number of hydrogen-bond donors (Lipinski definition) is 2. The number of aromatic hydroxyl groups is 1. The molecule has 0 amide bonds. The van der Waals surface area contributed by atoms with Crippen molar-refractivity contribution < 1.29 is 14.2 Å². The predicted octanol–water partition coefficient (Wildman–Crippen LogP) is 4.49. The van der Waals surface area contributed by atoms with Crippen LogP contribution in [0.15, 0.2) is 36.5 Å². The molecule has 4 atom stereocenters. The lowest BCUT2D eigenvalue weighted by Gasteiger charge is -2.34. The van der Waals surface area contributed by atoms with Gasteiger partial charge in [0.25, 0.3) is 0 Å². The molecule has 4 aromatic rings. The van der Waals surface area contributed by atoms with Crippen molar-refractivity contribution in [3.8, 4) is 23.1 Å². The van der Waals surface area contributed by atoms with Gasteiger partial charge in [0, 0.05) is 60.3 Å². The van der Waals surface area contributed by atoms with Crippen molar-refractivity contribution in [3.05, 3.63) is 41.6 Å². The topological polar surface area (TPSA) is 99.5 Å². The Kier molecular flexibility index (Phi) is 5.95. The number of nitrogens with one attached hydrogen (secondary N) is 1. The Hall–Kier alpha value is -3.34. The molecule has 212 valence electrons. The summed E-state index contributed by atoms with van der Waals surface area (Å²) in [4.78, 5) is 23.8. The van der Waals surface area contributed by atoms with Crippen LogP contribution in [-0.2, 0) is 0 Å². The zero-order chi connectivity index (χ0) is 27.7. The molecule has 2 unspecified atom stereocenters. The van der Waals surface area contributed by atoms with Gasteiger partial charge in [-0.25, -0.2) is 14.4 Å². The van der Waals surface area contributed by atoms with E-state index in [4.69, 9.17) is 36.3 Å². The first-order chi connectivity index (χ1) is 19.9. The van der Waals surface area contributed by atoms with Crippen molar-refractivity contribution in [1.82, 2.24) is 30.2 Å². The molecule has 9 nitrogen and oxygen atoms in total. The van der Waals surface area contributed by atoms with E-state index in [2.05, 4.69) is 15.1 Å². The third kappa shape index (κ3) is 4.35. The highest BCUT2D eigenvalue weighted by Crippen LogP contribution is 2.41. The number of ether oxygens (including phenoxy) is 1. The van der Waals surface area contributed by atoms with E-state index in [1.165, 1.54) is 0 Å². The normalized spacial score (nSPS) is 27.7. The van der Waals surface area contributed by atoms with E-state index in [0.29, 0.717) is 53.7 Å². The second-order valence-corrected chi connectivity index (χ2v) is 12.4. The number of anilines is 1. The lowest BCUT2D eigenvalue weighted by atomic mass is 9.95. The van der Waals surface area contributed by atoms with Crippen LogP contribution in [0, 0.1) is 0 Å². The molecular formula is C30H31ClFN7O2. The highest BCUT2D eigenvalue weighted by Gasteiger charge is 2.49. The van der Waals surface area contributed by atoms with Crippen LogP contribution >= 0.6 is 11.6 Å². The molecule has 6 heterocycles. The third-order valence-corrected chi connectivity index (χ3v) is 9.63. The highest BCUT2D eigenvalue weighted by molar-refractivity contribution is 6.36. The average Bonchev–Trinajstić information content (AvgIpc) is 3.61. The quantitative estimate of drug-likeness (QED) is 0.356. The number of rotatable bonds is 5. The van der Waals surface area contributed by atoms with Gasteiger partial charge in [0.2, 0.25) is 0 Å². The maximum atomic E-state index is 14.4. The Labute approximate surface area is 241 Å². The summed E-state index contributed by atoms with van der Waals surface area (Å²) in [5.74, 6) is 1.26. The Morgan fingerprint density at radius 1 is 1.12 bits per heavy atom. The van der Waals surface area contributed by atoms with Crippen LogP contribution < -0.4 is 15.0 Å². The lowest BCUT2D eigenvalue weighted by Crippen LogP contribution is -2.51. The highest BCUT2D eigenvalue weighted by atomic mass is 35.5. The van der Waals surface area contributed by atoms with Gasteiger partial charge in [0.05, 0.1) is 10.9 Å². The van der Waals surface area contributed by atoms with Crippen LogP contribution in [0.4, 0.5) is 10.2 Å². The number of benzene rings is 2. The first kappa shape index (κ1) is 25.4. The van der Waals surface area contributed by atoms with Crippen molar-refractivity contribution >= 4 is 39.2 Å². The zero-order valence-corrected chi connectivity index (χ0v) is 23.3. The molecular weight excluding hydrogens is 545 g/mol. The van der Waals surface area contributed by atoms with Gasteiger partial charge in [0.15, 0.2) is 11.5 Å². The number of alkyl halides is 1. The monoisotopic (exact) mass is 575 g/mol. The minimum atomic E-state index is -0.831. The third-order valence-electron chi connectivity index (χ3n) is 9.31. The van der Waals surface area contributed by atoms with E-state index in [0.717, 1.165) is 67.3 Å². The van der Waals surface area contributed by atoms with E-state index in [1.54, 1.807) is 18.3 Å². The van der Waals surface area contributed by atoms with Crippen LogP contribution in [-0.4, -0.2) is 86.5 Å². The molecule has 41 heavy (non-hydrogen) atoms. The Morgan fingerprint density at radius 2 is 1.98 bits per heavy atom. The number of phenolic OH excluding ortho intramolecular Hbond substituents is 1. The van der Waals surface area contributed by atoms with E-state index >= 15 is 0 Å². The molecule has 0 aliphatic carbocycles. The van der Waals surface area contributed by atoms with Crippen molar-refractivity contribution in [2.75, 3.05) is 37.7 Å². The smallest absolute Gasteiger partial charge is 0.320 e. The van der Waals surface area contributed by atoms with Gasteiger partial charge in [-0.2, -0.15) is 9.97 Å². The second kappa shape index (κ2) is 9.61. The minimum Gasteiger partial charge on any atom is -0.508 e. The lowest BCUT2D eigenvalue weighted by molar-refractivity contribution is 0.107. The van der Waals surface area contributed by atoms with Crippen molar-refractivity contribution in [2.24, 2.45) is 0 Å². The summed E-state index contributed by atoms with van der Waals surface area (Å²) in [6.45, 7) is 3.37. The maximum absolute atomic E-state index is 14.4. The molecule has 2 bridgehead atoms. The van der Waals surface area contributed by atoms with Crippen LogP contribution in [0.5, 0.6) is 11.8 Å². The number of phenols is 1. The molecule has 8 rings (SSSR count). The number of aromatic nitrogens is 4. The second-order valence-electron chi connectivity index (χ2n) is 12.0. The first-order valence-corrected chi connectivity index (χ1v) is 14.8. The summed E-state index contributed by atoms with van der Waals surface area (Å²) >= 11 is 6.60.